The largest absolute Gasteiger partial charge is 0.477 e. The van der Waals surface area contributed by atoms with Crippen LogP contribution in [0.1, 0.15) is 18.1 Å². The molecule has 0 fully saturated rings. The summed E-state index contributed by atoms with van der Waals surface area (Å²) in [4.78, 5) is 0. The Morgan fingerprint density at radius 3 is 2.35 bits per heavy atom. The lowest BCUT2D eigenvalue weighted by molar-refractivity contribution is 0.322. The zero-order chi connectivity index (χ0) is 12.3. The first-order valence-electron chi connectivity index (χ1n) is 5.75. The van der Waals surface area contributed by atoms with Gasteiger partial charge in [-0.1, -0.05) is 29.8 Å². The number of ether oxygens (including phenoxy) is 1. The van der Waals surface area contributed by atoms with Crippen LogP contribution in [0.5, 0.6) is 5.88 Å². The Morgan fingerprint density at radius 2 is 1.76 bits per heavy atom. The molecule has 0 bridgehead atoms. The average molecular weight is 228 g/mol. The SMILES string of the molecule is CCOc1cc(C)c(-c2ccc(C)cc2)nn1. The van der Waals surface area contributed by atoms with Gasteiger partial charge in [0, 0.05) is 11.6 Å². The molecule has 2 rings (SSSR count). The fourth-order valence-electron chi connectivity index (χ4n) is 1.68. The van der Waals surface area contributed by atoms with Crippen LogP contribution in [0.25, 0.3) is 11.3 Å². The second-order valence-corrected chi connectivity index (χ2v) is 4.01. The Hall–Kier alpha value is -1.90. The quantitative estimate of drug-likeness (QED) is 0.809. The van der Waals surface area contributed by atoms with E-state index < -0.39 is 0 Å². The Balaban J connectivity index is 2.36. The number of aromatic nitrogens is 2. The molecule has 88 valence electrons. The molecule has 2 aromatic rings. The van der Waals surface area contributed by atoms with Gasteiger partial charge in [-0.05, 0) is 26.3 Å². The molecule has 0 radical (unpaired) electrons. The molecule has 1 aromatic carbocycles. The molecule has 0 N–H and O–H groups in total. The molecule has 1 aromatic heterocycles. The van der Waals surface area contributed by atoms with Crippen molar-refractivity contribution in [3.05, 3.63) is 41.5 Å². The van der Waals surface area contributed by atoms with E-state index in [0.29, 0.717) is 12.5 Å². The molecule has 0 spiro atoms. The van der Waals surface area contributed by atoms with Crippen LogP contribution in [-0.4, -0.2) is 16.8 Å². The van der Waals surface area contributed by atoms with Gasteiger partial charge in [0.15, 0.2) is 0 Å². The van der Waals surface area contributed by atoms with E-state index >= 15 is 0 Å². The first kappa shape index (κ1) is 11.6. The van der Waals surface area contributed by atoms with Gasteiger partial charge in [0.2, 0.25) is 5.88 Å². The molecule has 1 heterocycles. The molecule has 0 unspecified atom stereocenters. The van der Waals surface area contributed by atoms with Gasteiger partial charge in [-0.25, -0.2) is 0 Å². The lowest BCUT2D eigenvalue weighted by Gasteiger charge is -2.07. The summed E-state index contributed by atoms with van der Waals surface area (Å²) in [5.41, 5.74) is 4.31. The summed E-state index contributed by atoms with van der Waals surface area (Å²) in [7, 11) is 0. The van der Waals surface area contributed by atoms with Gasteiger partial charge in [-0.15, -0.1) is 10.2 Å². The average Bonchev–Trinajstić information content (AvgIpc) is 2.31. The van der Waals surface area contributed by atoms with Crippen LogP contribution in [0.2, 0.25) is 0 Å². The third-order valence-electron chi connectivity index (χ3n) is 2.58. The predicted molar refractivity (Wildman–Crippen MR) is 68.1 cm³/mol. The summed E-state index contributed by atoms with van der Waals surface area (Å²) in [6.45, 7) is 6.63. The minimum absolute atomic E-state index is 0.584. The molecule has 0 aliphatic heterocycles. The van der Waals surface area contributed by atoms with Crippen LogP contribution in [0.15, 0.2) is 30.3 Å². The highest BCUT2D eigenvalue weighted by molar-refractivity contribution is 5.62. The van der Waals surface area contributed by atoms with E-state index in [1.807, 2.05) is 19.9 Å². The van der Waals surface area contributed by atoms with Gasteiger partial charge in [-0.3, -0.25) is 0 Å². The van der Waals surface area contributed by atoms with Crippen LogP contribution in [-0.2, 0) is 0 Å². The lowest BCUT2D eigenvalue weighted by atomic mass is 10.1. The van der Waals surface area contributed by atoms with Crippen molar-refractivity contribution in [3.63, 3.8) is 0 Å². The summed E-state index contributed by atoms with van der Waals surface area (Å²) in [5, 5.41) is 8.28. The second kappa shape index (κ2) is 4.95. The van der Waals surface area contributed by atoms with Crippen LogP contribution in [0.4, 0.5) is 0 Å². The van der Waals surface area contributed by atoms with Crippen LogP contribution in [0, 0.1) is 13.8 Å². The van der Waals surface area contributed by atoms with E-state index in [0.717, 1.165) is 16.8 Å². The number of hydrogen-bond acceptors (Lipinski definition) is 3. The van der Waals surface area contributed by atoms with Crippen molar-refractivity contribution in [1.82, 2.24) is 10.2 Å². The number of aryl methyl sites for hydroxylation is 2. The van der Waals surface area contributed by atoms with Gasteiger partial charge in [0.05, 0.1) is 12.3 Å². The summed E-state index contributed by atoms with van der Waals surface area (Å²) < 4.78 is 5.32. The van der Waals surface area contributed by atoms with Gasteiger partial charge in [-0.2, -0.15) is 0 Å². The molecule has 0 saturated carbocycles. The van der Waals surface area contributed by atoms with Gasteiger partial charge in [0.25, 0.3) is 0 Å². The smallest absolute Gasteiger partial charge is 0.233 e. The van der Waals surface area contributed by atoms with Crippen molar-refractivity contribution in [1.29, 1.82) is 0 Å². The predicted octanol–water partition coefficient (Wildman–Crippen LogP) is 3.16. The third-order valence-corrected chi connectivity index (χ3v) is 2.58. The number of nitrogens with zero attached hydrogens (tertiary/aromatic N) is 2. The Kier molecular flexibility index (Phi) is 3.38. The fraction of sp³-hybridized carbons (Fsp3) is 0.286. The Morgan fingerprint density at radius 1 is 1.06 bits per heavy atom. The molecular formula is C14H16N2O. The fourth-order valence-corrected chi connectivity index (χ4v) is 1.68. The van der Waals surface area contributed by atoms with Crippen LogP contribution in [0.3, 0.4) is 0 Å². The Labute approximate surface area is 101 Å². The molecule has 0 saturated heterocycles. The summed E-state index contributed by atoms with van der Waals surface area (Å²) in [6.07, 6.45) is 0. The highest BCUT2D eigenvalue weighted by atomic mass is 16.5. The summed E-state index contributed by atoms with van der Waals surface area (Å²) in [6, 6.07) is 10.2. The van der Waals surface area contributed by atoms with E-state index in [4.69, 9.17) is 4.74 Å². The van der Waals surface area contributed by atoms with Crippen molar-refractivity contribution in [2.24, 2.45) is 0 Å². The lowest BCUT2D eigenvalue weighted by Crippen LogP contribution is -1.99. The van der Waals surface area contributed by atoms with E-state index in [9.17, 15) is 0 Å². The summed E-state index contributed by atoms with van der Waals surface area (Å²) >= 11 is 0. The first-order valence-corrected chi connectivity index (χ1v) is 5.75. The molecule has 0 amide bonds. The van der Waals surface area contributed by atoms with E-state index in [2.05, 4.69) is 41.4 Å². The highest BCUT2D eigenvalue weighted by Gasteiger charge is 2.06. The van der Waals surface area contributed by atoms with E-state index in [-0.39, 0.29) is 0 Å². The normalized spacial score (nSPS) is 10.3. The van der Waals surface area contributed by atoms with Crippen LogP contribution < -0.4 is 4.74 Å². The second-order valence-electron chi connectivity index (χ2n) is 4.01. The third kappa shape index (κ3) is 2.61. The van der Waals surface area contributed by atoms with Crippen molar-refractivity contribution in [2.45, 2.75) is 20.8 Å². The first-order chi connectivity index (χ1) is 8.20. The van der Waals surface area contributed by atoms with Crippen molar-refractivity contribution in [2.75, 3.05) is 6.61 Å². The zero-order valence-electron chi connectivity index (χ0n) is 10.4. The van der Waals surface area contributed by atoms with Crippen LogP contribution >= 0.6 is 0 Å². The standard InChI is InChI=1S/C14H16N2O/c1-4-17-13-9-11(3)14(16-15-13)12-7-5-10(2)6-8-12/h5-9H,4H2,1-3H3. The number of hydrogen-bond donors (Lipinski definition) is 0. The molecule has 17 heavy (non-hydrogen) atoms. The van der Waals surface area contributed by atoms with Crippen molar-refractivity contribution < 1.29 is 4.74 Å². The molecule has 3 nitrogen and oxygen atoms in total. The van der Waals surface area contributed by atoms with E-state index in [1.165, 1.54) is 5.56 Å². The molecule has 3 heteroatoms. The number of rotatable bonds is 3. The minimum atomic E-state index is 0.584. The molecular weight excluding hydrogens is 212 g/mol. The Bertz CT molecular complexity index is 506. The van der Waals surface area contributed by atoms with E-state index in [1.54, 1.807) is 0 Å². The van der Waals surface area contributed by atoms with Gasteiger partial charge in [0.1, 0.15) is 0 Å². The topological polar surface area (TPSA) is 35.0 Å². The minimum Gasteiger partial charge on any atom is -0.477 e. The maximum atomic E-state index is 5.32. The zero-order valence-corrected chi connectivity index (χ0v) is 10.4. The monoisotopic (exact) mass is 228 g/mol. The van der Waals surface area contributed by atoms with Gasteiger partial charge < -0.3 is 4.74 Å². The van der Waals surface area contributed by atoms with Gasteiger partial charge >= 0.3 is 0 Å². The summed E-state index contributed by atoms with van der Waals surface area (Å²) in [5.74, 6) is 0.584. The maximum absolute atomic E-state index is 5.32. The molecule has 0 aliphatic carbocycles. The van der Waals surface area contributed by atoms with Crippen molar-refractivity contribution >= 4 is 0 Å². The number of benzene rings is 1. The maximum Gasteiger partial charge on any atom is 0.233 e. The highest BCUT2D eigenvalue weighted by Crippen LogP contribution is 2.22. The molecule has 0 atom stereocenters. The van der Waals surface area contributed by atoms with Crippen molar-refractivity contribution in [3.8, 4) is 17.1 Å². The molecule has 0 aliphatic rings.